The highest BCUT2D eigenvalue weighted by molar-refractivity contribution is 8.14. The van der Waals surface area contributed by atoms with Crippen LogP contribution in [0.5, 0.6) is 0 Å². The molecule has 2 unspecified atom stereocenters. The van der Waals surface area contributed by atoms with Crippen molar-refractivity contribution in [2.45, 2.75) is 20.8 Å². The summed E-state index contributed by atoms with van der Waals surface area (Å²) in [4.78, 5) is 22.0. The summed E-state index contributed by atoms with van der Waals surface area (Å²) < 4.78 is 13.4. The molecule has 0 heterocycles. The summed E-state index contributed by atoms with van der Waals surface area (Å²) in [5.41, 5.74) is -0.458. The highest BCUT2D eigenvalue weighted by atomic mass is 32.2. The molecular weight excluding hydrogens is 231 g/mol. The first-order chi connectivity index (χ1) is 7.32. The smallest absolute Gasteiger partial charge is 0.307 e. The van der Waals surface area contributed by atoms with Crippen molar-refractivity contribution in [1.82, 2.24) is 0 Å². The van der Waals surface area contributed by atoms with Crippen molar-refractivity contribution in [1.29, 1.82) is 0 Å². The van der Waals surface area contributed by atoms with E-state index in [1.54, 1.807) is 20.8 Å². The number of thioether (sulfide) groups is 1. The number of aliphatic carboxylic acids is 1. The largest absolute Gasteiger partial charge is 0.481 e. The highest BCUT2D eigenvalue weighted by Crippen LogP contribution is 2.59. The lowest BCUT2D eigenvalue weighted by Crippen LogP contribution is -2.03. The molecule has 0 amide bonds. The van der Waals surface area contributed by atoms with Gasteiger partial charge in [0.15, 0.2) is 5.83 Å². The van der Waals surface area contributed by atoms with Crippen LogP contribution in [0.4, 0.5) is 4.39 Å². The van der Waals surface area contributed by atoms with E-state index in [4.69, 9.17) is 5.11 Å². The summed E-state index contributed by atoms with van der Waals surface area (Å²) in [5, 5.41) is 8.26. The topological polar surface area (TPSA) is 54.4 Å². The minimum absolute atomic E-state index is 0.383. The van der Waals surface area contributed by atoms with Gasteiger partial charge >= 0.3 is 5.97 Å². The molecule has 1 aliphatic carbocycles. The van der Waals surface area contributed by atoms with Gasteiger partial charge in [-0.3, -0.25) is 9.59 Å². The average molecular weight is 246 g/mol. The van der Waals surface area contributed by atoms with E-state index in [0.717, 1.165) is 17.8 Å². The minimum Gasteiger partial charge on any atom is -0.481 e. The summed E-state index contributed by atoms with van der Waals surface area (Å²) in [7, 11) is 0. The first kappa shape index (κ1) is 13.2. The van der Waals surface area contributed by atoms with Gasteiger partial charge in [-0.25, -0.2) is 4.39 Å². The minimum atomic E-state index is -0.936. The van der Waals surface area contributed by atoms with Crippen molar-refractivity contribution in [3.8, 4) is 0 Å². The lowest BCUT2D eigenvalue weighted by Gasteiger charge is -1.97. The summed E-state index contributed by atoms with van der Waals surface area (Å²) in [5.74, 6) is -2.22. The van der Waals surface area contributed by atoms with E-state index < -0.39 is 28.2 Å². The Balaban J connectivity index is 2.72. The Morgan fingerprint density at radius 1 is 1.50 bits per heavy atom. The number of carbonyl (C=O) groups excluding carboxylic acids is 1. The Bertz CT molecular complexity index is 349. The summed E-state index contributed by atoms with van der Waals surface area (Å²) in [6.07, 6.45) is 1.16. The third kappa shape index (κ3) is 2.45. The number of allylic oxidation sites excluding steroid dienone is 1. The van der Waals surface area contributed by atoms with Gasteiger partial charge in [0.1, 0.15) is 0 Å². The van der Waals surface area contributed by atoms with Crippen molar-refractivity contribution in [3.05, 3.63) is 11.9 Å². The number of hydrogen-bond donors (Lipinski definition) is 1. The second kappa shape index (κ2) is 4.57. The van der Waals surface area contributed by atoms with Crippen molar-refractivity contribution in [3.63, 3.8) is 0 Å². The molecule has 0 aromatic heterocycles. The van der Waals surface area contributed by atoms with E-state index in [1.807, 2.05) is 0 Å². The lowest BCUT2D eigenvalue weighted by molar-refractivity contribution is -0.139. The van der Waals surface area contributed by atoms with Crippen LogP contribution in [-0.4, -0.2) is 21.9 Å². The maximum absolute atomic E-state index is 13.4. The monoisotopic (exact) mass is 246 g/mol. The van der Waals surface area contributed by atoms with Gasteiger partial charge in [-0.05, 0) is 23.2 Å². The van der Waals surface area contributed by atoms with E-state index in [9.17, 15) is 14.0 Å². The van der Waals surface area contributed by atoms with Crippen molar-refractivity contribution in [2.75, 3.05) is 5.75 Å². The number of carboxylic acids is 1. The fraction of sp³-hybridized carbons (Fsp3) is 0.636. The molecule has 2 atom stereocenters. The zero-order valence-corrected chi connectivity index (χ0v) is 10.3. The lowest BCUT2D eigenvalue weighted by atomic mass is 10.1. The predicted molar refractivity (Wildman–Crippen MR) is 60.7 cm³/mol. The molecule has 0 aliphatic heterocycles. The van der Waals surface area contributed by atoms with E-state index in [-0.39, 0.29) is 5.92 Å². The molecule has 1 aliphatic rings. The van der Waals surface area contributed by atoms with Crippen molar-refractivity contribution < 1.29 is 19.1 Å². The van der Waals surface area contributed by atoms with Crippen LogP contribution in [0.1, 0.15) is 20.8 Å². The zero-order valence-electron chi connectivity index (χ0n) is 9.49. The van der Waals surface area contributed by atoms with Gasteiger partial charge in [0.05, 0.1) is 5.92 Å². The molecule has 1 fully saturated rings. The third-order valence-electron chi connectivity index (χ3n) is 2.97. The first-order valence-electron chi connectivity index (χ1n) is 5.09. The SMILES string of the molecule is CCSC(=O)/C(F)=C\C1C(C(=O)O)C1(C)C. The molecule has 0 aromatic rings. The number of hydrogen-bond acceptors (Lipinski definition) is 3. The molecule has 0 spiro atoms. The van der Waals surface area contributed by atoms with Crippen LogP contribution >= 0.6 is 11.8 Å². The fourth-order valence-corrected chi connectivity index (χ4v) is 2.35. The maximum Gasteiger partial charge on any atom is 0.307 e. The summed E-state index contributed by atoms with van der Waals surface area (Å²) in [6.45, 7) is 5.28. The van der Waals surface area contributed by atoms with E-state index in [2.05, 4.69) is 0 Å². The Morgan fingerprint density at radius 2 is 2.06 bits per heavy atom. The maximum atomic E-state index is 13.4. The zero-order chi connectivity index (χ0) is 12.5. The van der Waals surface area contributed by atoms with Crippen molar-refractivity contribution in [2.24, 2.45) is 17.3 Å². The molecule has 1 rings (SSSR count). The second-order valence-electron chi connectivity index (χ2n) is 4.40. The van der Waals surface area contributed by atoms with Gasteiger partial charge in [-0.1, -0.05) is 32.5 Å². The molecule has 90 valence electrons. The Hall–Kier alpha value is -0.840. The van der Waals surface area contributed by atoms with Gasteiger partial charge in [-0.15, -0.1) is 0 Å². The second-order valence-corrected chi connectivity index (χ2v) is 5.63. The van der Waals surface area contributed by atoms with Crippen molar-refractivity contribution >= 4 is 22.8 Å². The van der Waals surface area contributed by atoms with E-state index in [1.165, 1.54) is 0 Å². The molecule has 5 heteroatoms. The van der Waals surface area contributed by atoms with Gasteiger partial charge in [-0.2, -0.15) is 0 Å². The van der Waals surface area contributed by atoms with Gasteiger partial charge in [0, 0.05) is 0 Å². The normalized spacial score (nSPS) is 27.6. The van der Waals surface area contributed by atoms with E-state index >= 15 is 0 Å². The Kier molecular flexibility index (Phi) is 3.78. The van der Waals surface area contributed by atoms with E-state index in [0.29, 0.717) is 5.75 Å². The molecule has 1 N–H and O–H groups in total. The fourth-order valence-electron chi connectivity index (χ4n) is 1.89. The van der Waals surface area contributed by atoms with Crippen LogP contribution in [0.3, 0.4) is 0 Å². The molecular formula is C11H15FO3S. The summed E-state index contributed by atoms with van der Waals surface area (Å²) >= 11 is 0.889. The van der Waals surface area contributed by atoms with Gasteiger partial charge in [0.25, 0.3) is 0 Å². The van der Waals surface area contributed by atoms with Gasteiger partial charge in [0.2, 0.25) is 5.12 Å². The first-order valence-corrected chi connectivity index (χ1v) is 6.08. The van der Waals surface area contributed by atoms with Crippen LogP contribution in [0.2, 0.25) is 0 Å². The number of halogens is 1. The summed E-state index contributed by atoms with van der Waals surface area (Å²) in [6, 6.07) is 0. The standard InChI is InChI=1S/C11H15FO3S/c1-4-16-10(15)7(12)5-6-8(9(13)14)11(6,2)3/h5-6,8H,4H2,1-3H3,(H,13,14)/b7-5+. The molecule has 0 bridgehead atoms. The highest BCUT2D eigenvalue weighted by Gasteiger charge is 2.61. The van der Waals surface area contributed by atoms with Crippen LogP contribution in [0.15, 0.2) is 11.9 Å². The Labute approximate surface area is 98.1 Å². The molecule has 3 nitrogen and oxygen atoms in total. The van der Waals surface area contributed by atoms with Crippen LogP contribution in [0.25, 0.3) is 0 Å². The average Bonchev–Trinajstić information content (AvgIpc) is 2.68. The number of carbonyl (C=O) groups is 2. The quantitative estimate of drug-likeness (QED) is 0.774. The Morgan fingerprint density at radius 3 is 2.44 bits per heavy atom. The van der Waals surface area contributed by atoms with Crippen LogP contribution in [0, 0.1) is 17.3 Å². The molecule has 0 saturated heterocycles. The molecule has 16 heavy (non-hydrogen) atoms. The predicted octanol–water partition coefficient (Wildman–Crippen LogP) is 2.48. The van der Waals surface area contributed by atoms with Crippen LogP contribution < -0.4 is 0 Å². The van der Waals surface area contributed by atoms with Crippen LogP contribution in [-0.2, 0) is 9.59 Å². The number of rotatable bonds is 4. The van der Waals surface area contributed by atoms with Gasteiger partial charge < -0.3 is 5.11 Å². The molecule has 0 aromatic carbocycles. The molecule has 1 saturated carbocycles. The molecule has 0 radical (unpaired) electrons. The third-order valence-corrected chi connectivity index (χ3v) is 3.72. The number of carboxylic acid groups (broad SMARTS) is 1.